The van der Waals surface area contributed by atoms with E-state index in [9.17, 15) is 0 Å². The number of nitrogens with zero attached hydrogens (tertiary/aromatic N) is 1. The molecule has 0 amide bonds. The summed E-state index contributed by atoms with van der Waals surface area (Å²) in [5, 5.41) is 3.30. The van der Waals surface area contributed by atoms with Gasteiger partial charge in [0.2, 0.25) is 5.88 Å². The van der Waals surface area contributed by atoms with E-state index in [1.165, 1.54) is 5.56 Å². The van der Waals surface area contributed by atoms with E-state index >= 15 is 0 Å². The summed E-state index contributed by atoms with van der Waals surface area (Å²) in [4.78, 5) is 4.40. The molecule has 1 heterocycles. The first-order valence-corrected chi connectivity index (χ1v) is 6.22. The lowest BCUT2D eigenvalue weighted by Gasteiger charge is -2.12. The molecule has 0 bridgehead atoms. The van der Waals surface area contributed by atoms with Crippen molar-refractivity contribution in [3.63, 3.8) is 0 Å². The molecule has 0 atom stereocenters. The van der Waals surface area contributed by atoms with Crippen LogP contribution in [0.25, 0.3) is 0 Å². The van der Waals surface area contributed by atoms with Gasteiger partial charge < -0.3 is 15.8 Å². The maximum absolute atomic E-state index is 5.73. The quantitative estimate of drug-likeness (QED) is 0.908. The van der Waals surface area contributed by atoms with Crippen LogP contribution in [0.2, 0.25) is 0 Å². The molecule has 0 saturated heterocycles. The fraction of sp³-hybridized carbons (Fsp3) is 0.267. The Labute approximate surface area is 125 Å². The first kappa shape index (κ1) is 16.3. The number of methoxy groups -OCH3 is 1. The summed E-state index contributed by atoms with van der Waals surface area (Å²) < 4.78 is 5.14. The fourth-order valence-electron chi connectivity index (χ4n) is 1.86. The Morgan fingerprint density at radius 1 is 1.15 bits per heavy atom. The van der Waals surface area contributed by atoms with Crippen molar-refractivity contribution in [2.75, 3.05) is 12.4 Å². The highest BCUT2D eigenvalue weighted by molar-refractivity contribution is 5.85. The number of nitrogens with one attached hydrogen (secondary N) is 1. The van der Waals surface area contributed by atoms with Crippen LogP contribution in [0.4, 0.5) is 11.5 Å². The Balaban J connectivity index is 0.00000200. The molecular weight excluding hydrogens is 274 g/mol. The van der Waals surface area contributed by atoms with E-state index in [-0.39, 0.29) is 12.4 Å². The summed E-state index contributed by atoms with van der Waals surface area (Å²) in [6, 6.07) is 9.96. The highest BCUT2D eigenvalue weighted by Gasteiger charge is 2.04. The third-order valence-corrected chi connectivity index (χ3v) is 3.11. The van der Waals surface area contributed by atoms with Crippen LogP contribution < -0.4 is 15.8 Å². The predicted molar refractivity (Wildman–Crippen MR) is 85.1 cm³/mol. The van der Waals surface area contributed by atoms with E-state index in [1.807, 2.05) is 25.1 Å². The topological polar surface area (TPSA) is 60.2 Å². The fourth-order valence-corrected chi connectivity index (χ4v) is 1.86. The van der Waals surface area contributed by atoms with Gasteiger partial charge in [-0.05, 0) is 42.7 Å². The van der Waals surface area contributed by atoms with Gasteiger partial charge in [0, 0.05) is 18.3 Å². The normalized spacial score (nSPS) is 9.80. The number of hydrogen-bond acceptors (Lipinski definition) is 4. The van der Waals surface area contributed by atoms with Crippen molar-refractivity contribution in [2.45, 2.75) is 20.4 Å². The lowest BCUT2D eigenvalue weighted by Crippen LogP contribution is -2.02. The minimum atomic E-state index is 0. The molecule has 0 aliphatic rings. The molecule has 0 aliphatic heterocycles. The predicted octanol–water partition coefficient (Wildman–Crippen LogP) is 3.33. The van der Waals surface area contributed by atoms with Crippen molar-refractivity contribution >= 4 is 23.9 Å². The molecule has 0 aliphatic carbocycles. The van der Waals surface area contributed by atoms with Gasteiger partial charge in [0.1, 0.15) is 5.82 Å². The number of halogens is 1. The van der Waals surface area contributed by atoms with Crippen molar-refractivity contribution in [3.8, 4) is 5.88 Å². The van der Waals surface area contributed by atoms with E-state index in [0.29, 0.717) is 12.4 Å². The second-order valence-corrected chi connectivity index (χ2v) is 4.49. The summed E-state index contributed by atoms with van der Waals surface area (Å²) in [6.07, 6.45) is 0. The van der Waals surface area contributed by atoms with Gasteiger partial charge in [0.15, 0.2) is 0 Å². The average Bonchev–Trinajstić information content (AvgIpc) is 2.43. The standard InChI is InChI=1S/C15H19N3O.ClH/c1-10-4-6-13(8-12(10)9-16)17-15-11(2)5-7-14(18-15)19-3;/h4-8H,9,16H2,1-3H3,(H,17,18);1H. The van der Waals surface area contributed by atoms with Crippen LogP contribution in [0.1, 0.15) is 16.7 Å². The summed E-state index contributed by atoms with van der Waals surface area (Å²) in [5.74, 6) is 1.39. The van der Waals surface area contributed by atoms with Crippen LogP contribution in [0.15, 0.2) is 30.3 Å². The molecule has 20 heavy (non-hydrogen) atoms. The van der Waals surface area contributed by atoms with E-state index in [1.54, 1.807) is 7.11 Å². The number of nitrogens with two attached hydrogens (primary N) is 1. The van der Waals surface area contributed by atoms with Crippen molar-refractivity contribution < 1.29 is 4.74 Å². The van der Waals surface area contributed by atoms with Gasteiger partial charge in [-0.3, -0.25) is 0 Å². The van der Waals surface area contributed by atoms with Crippen molar-refractivity contribution in [1.29, 1.82) is 0 Å². The zero-order valence-corrected chi connectivity index (χ0v) is 12.8. The van der Waals surface area contributed by atoms with Crippen molar-refractivity contribution in [2.24, 2.45) is 5.73 Å². The molecule has 5 heteroatoms. The van der Waals surface area contributed by atoms with Gasteiger partial charge in [-0.15, -0.1) is 12.4 Å². The van der Waals surface area contributed by atoms with E-state index < -0.39 is 0 Å². The first-order chi connectivity index (χ1) is 9.13. The SMILES string of the molecule is COc1ccc(C)c(Nc2ccc(C)c(CN)c2)n1.Cl. The molecule has 1 aromatic carbocycles. The lowest BCUT2D eigenvalue weighted by atomic mass is 10.1. The number of hydrogen-bond donors (Lipinski definition) is 2. The Morgan fingerprint density at radius 3 is 2.50 bits per heavy atom. The summed E-state index contributed by atoms with van der Waals surface area (Å²) in [7, 11) is 1.61. The van der Waals surface area contributed by atoms with Crippen LogP contribution in [-0.2, 0) is 6.54 Å². The summed E-state index contributed by atoms with van der Waals surface area (Å²) >= 11 is 0. The third kappa shape index (κ3) is 3.62. The summed E-state index contributed by atoms with van der Waals surface area (Å²) in [6.45, 7) is 4.60. The maximum atomic E-state index is 5.73. The van der Waals surface area contributed by atoms with E-state index in [2.05, 4.69) is 29.4 Å². The van der Waals surface area contributed by atoms with Gasteiger partial charge in [0.25, 0.3) is 0 Å². The van der Waals surface area contributed by atoms with Gasteiger partial charge >= 0.3 is 0 Å². The number of ether oxygens (including phenoxy) is 1. The van der Waals surface area contributed by atoms with Crippen molar-refractivity contribution in [1.82, 2.24) is 4.98 Å². The van der Waals surface area contributed by atoms with Crippen LogP contribution >= 0.6 is 12.4 Å². The minimum absolute atomic E-state index is 0. The van der Waals surface area contributed by atoms with Crippen LogP contribution in [0.3, 0.4) is 0 Å². The molecule has 0 unspecified atom stereocenters. The van der Waals surface area contributed by atoms with Crippen LogP contribution in [0.5, 0.6) is 5.88 Å². The number of pyridine rings is 1. The Hall–Kier alpha value is -1.78. The van der Waals surface area contributed by atoms with Crippen LogP contribution in [0, 0.1) is 13.8 Å². The van der Waals surface area contributed by atoms with E-state index in [0.717, 1.165) is 22.6 Å². The number of aryl methyl sites for hydroxylation is 2. The highest BCUT2D eigenvalue weighted by Crippen LogP contribution is 2.23. The Morgan fingerprint density at radius 2 is 1.85 bits per heavy atom. The van der Waals surface area contributed by atoms with Gasteiger partial charge in [-0.1, -0.05) is 12.1 Å². The van der Waals surface area contributed by atoms with Gasteiger partial charge in [0.05, 0.1) is 7.11 Å². The lowest BCUT2D eigenvalue weighted by molar-refractivity contribution is 0.398. The zero-order valence-electron chi connectivity index (χ0n) is 11.9. The molecule has 0 saturated carbocycles. The molecular formula is C15H20ClN3O. The highest BCUT2D eigenvalue weighted by atomic mass is 35.5. The first-order valence-electron chi connectivity index (χ1n) is 6.22. The molecule has 2 aromatic rings. The zero-order chi connectivity index (χ0) is 13.8. The number of rotatable bonds is 4. The molecule has 3 N–H and O–H groups in total. The van der Waals surface area contributed by atoms with Crippen LogP contribution in [-0.4, -0.2) is 12.1 Å². The second kappa shape index (κ2) is 7.12. The molecule has 0 fully saturated rings. The third-order valence-electron chi connectivity index (χ3n) is 3.11. The van der Waals surface area contributed by atoms with Gasteiger partial charge in [-0.25, -0.2) is 0 Å². The molecule has 4 nitrogen and oxygen atoms in total. The van der Waals surface area contributed by atoms with Crippen molar-refractivity contribution in [3.05, 3.63) is 47.0 Å². The monoisotopic (exact) mass is 293 g/mol. The molecule has 0 spiro atoms. The Bertz CT molecular complexity index is 587. The van der Waals surface area contributed by atoms with Gasteiger partial charge in [-0.2, -0.15) is 4.98 Å². The average molecular weight is 294 g/mol. The van der Waals surface area contributed by atoms with E-state index in [4.69, 9.17) is 10.5 Å². The number of benzene rings is 1. The molecule has 1 aromatic heterocycles. The largest absolute Gasteiger partial charge is 0.481 e. The maximum Gasteiger partial charge on any atom is 0.214 e. The smallest absolute Gasteiger partial charge is 0.214 e. The second-order valence-electron chi connectivity index (χ2n) is 4.49. The number of anilines is 2. The molecule has 0 radical (unpaired) electrons. The number of aromatic nitrogens is 1. The molecule has 108 valence electrons. The summed E-state index contributed by atoms with van der Waals surface area (Å²) in [5.41, 5.74) is 10.1. The Kier molecular flexibility index (Phi) is 5.80. The minimum Gasteiger partial charge on any atom is -0.481 e. The molecule has 2 rings (SSSR count).